The Bertz CT molecular complexity index is 241. The van der Waals surface area contributed by atoms with E-state index in [-0.39, 0.29) is 12.6 Å². The van der Waals surface area contributed by atoms with Crippen molar-refractivity contribution in [3.63, 3.8) is 0 Å². The molecule has 0 unspecified atom stereocenters. The van der Waals surface area contributed by atoms with Gasteiger partial charge in [-0.2, -0.15) is 0 Å². The van der Waals surface area contributed by atoms with Crippen LogP contribution >= 0.6 is 0 Å². The number of hydrogen-bond donors (Lipinski definition) is 3. The molecule has 0 aliphatic heterocycles. The number of amides is 1. The van der Waals surface area contributed by atoms with Gasteiger partial charge in [-0.25, -0.2) is 0 Å². The number of carbonyl (C=O) groups excluding carboxylic acids is 1. The third kappa shape index (κ3) is 6.77. The van der Waals surface area contributed by atoms with Crippen molar-refractivity contribution in [3.8, 4) is 0 Å². The number of carbonyl (C=O) groups is 1. The van der Waals surface area contributed by atoms with Gasteiger partial charge in [0.2, 0.25) is 11.3 Å². The third-order valence-corrected chi connectivity index (χ3v) is 1.12. The van der Waals surface area contributed by atoms with E-state index in [4.69, 9.17) is 10.5 Å². The lowest BCUT2D eigenvalue weighted by atomic mass is 10.4. The van der Waals surface area contributed by atoms with E-state index in [1.807, 2.05) is 13.8 Å². The topological polar surface area (TPSA) is 89.5 Å². The molecule has 0 rings (SSSR count). The first-order valence-corrected chi connectivity index (χ1v) is 3.83. The van der Waals surface area contributed by atoms with E-state index in [1.165, 1.54) is 0 Å². The number of rotatable bonds is 4. The molecule has 0 radical (unpaired) electrons. The second kappa shape index (κ2) is 5.97. The first-order chi connectivity index (χ1) is 6.06. The highest BCUT2D eigenvalue weighted by atomic mass is 16.3. The van der Waals surface area contributed by atoms with Gasteiger partial charge >= 0.3 is 6.20 Å². The largest absolute Gasteiger partial charge is 0.489 e. The van der Waals surface area contributed by atoms with Crippen molar-refractivity contribution in [2.45, 2.75) is 19.9 Å². The predicted octanol–water partition coefficient (Wildman–Crippen LogP) is 0.311. The molecule has 0 spiro atoms. The van der Waals surface area contributed by atoms with Crippen LogP contribution in [0.1, 0.15) is 13.8 Å². The molecular formula is C7H13N4O2+. The number of nitrogens with one attached hydrogen (secondary N) is 2. The summed E-state index contributed by atoms with van der Waals surface area (Å²) in [5.41, 5.74) is 0. The number of aliphatic hydroxyl groups is 1. The molecule has 0 atom stereocenters. The zero-order valence-electron chi connectivity index (χ0n) is 7.61. The first-order valence-electron chi connectivity index (χ1n) is 3.83. The molecule has 0 aromatic heterocycles. The van der Waals surface area contributed by atoms with Crippen molar-refractivity contribution < 1.29 is 9.90 Å². The number of nitrogens with zero attached hydrogens (tertiary/aromatic N) is 2. The van der Waals surface area contributed by atoms with Gasteiger partial charge in [0.1, 0.15) is 0 Å². The second-order valence-corrected chi connectivity index (χ2v) is 2.71. The molecule has 0 saturated carbocycles. The smallest absolute Gasteiger partial charge is 0.409 e. The van der Waals surface area contributed by atoms with Crippen LogP contribution in [0.4, 0.5) is 0 Å². The lowest BCUT2D eigenvalue weighted by molar-refractivity contribution is -0.120. The summed E-state index contributed by atoms with van der Waals surface area (Å²) >= 11 is 0. The van der Waals surface area contributed by atoms with Crippen LogP contribution in [0, 0.1) is 5.39 Å². The average molecular weight is 185 g/mol. The fourth-order valence-electron chi connectivity index (χ4n) is 0.571. The summed E-state index contributed by atoms with van der Waals surface area (Å²) in [5.74, 6) is -0.885. The Morgan fingerprint density at radius 3 is 2.77 bits per heavy atom. The van der Waals surface area contributed by atoms with Gasteiger partial charge in [-0.3, -0.25) is 10.1 Å². The molecule has 6 heteroatoms. The zero-order chi connectivity index (χ0) is 10.3. The Morgan fingerprint density at radius 1 is 1.69 bits per heavy atom. The van der Waals surface area contributed by atoms with Gasteiger partial charge in [-0.05, 0) is 0 Å². The molecule has 0 aromatic rings. The Hall–Kier alpha value is -1.61. The van der Waals surface area contributed by atoms with Crippen molar-refractivity contribution >= 4 is 5.91 Å². The Labute approximate surface area is 76.3 Å². The van der Waals surface area contributed by atoms with E-state index < -0.39 is 11.8 Å². The summed E-state index contributed by atoms with van der Waals surface area (Å²) in [4.78, 5) is 13.5. The lowest BCUT2D eigenvalue weighted by Crippen LogP contribution is -2.36. The maximum atomic E-state index is 10.9. The van der Waals surface area contributed by atoms with Crippen LogP contribution in [0.3, 0.4) is 0 Å². The van der Waals surface area contributed by atoms with E-state index >= 15 is 0 Å². The highest BCUT2D eigenvalue weighted by Crippen LogP contribution is 1.82. The molecule has 6 nitrogen and oxygen atoms in total. The van der Waals surface area contributed by atoms with Crippen LogP contribution in [0.15, 0.2) is 12.1 Å². The van der Waals surface area contributed by atoms with Crippen LogP contribution in [0.2, 0.25) is 0 Å². The van der Waals surface area contributed by atoms with Gasteiger partial charge in [0.05, 0.1) is 6.54 Å². The second-order valence-electron chi connectivity index (χ2n) is 2.71. The summed E-state index contributed by atoms with van der Waals surface area (Å²) in [6, 6.07) is 0.194. The van der Waals surface area contributed by atoms with Crippen molar-refractivity contribution in [1.29, 1.82) is 5.39 Å². The van der Waals surface area contributed by atoms with E-state index in [1.54, 1.807) is 0 Å². The minimum Gasteiger partial charge on any atom is -0.489 e. The standard InChI is InChI=1S/C7H12N4O2/c1-5(2)9-3-6(12)11-7(13)4-10-8/h4-5,9H,3H2,1-2H3,(H-,11,12,13)/p+1/b7-4-. The minimum absolute atomic E-state index is 0.0982. The fraction of sp³-hybridized carbons (Fsp3) is 0.571. The quantitative estimate of drug-likeness (QED) is 0.434. The number of diazo groups is 1. The maximum absolute atomic E-state index is 10.9. The molecule has 0 heterocycles. The van der Waals surface area contributed by atoms with E-state index in [2.05, 4.69) is 15.6 Å². The lowest BCUT2D eigenvalue weighted by Gasteiger charge is -2.06. The Kier molecular flexibility index (Phi) is 5.23. The molecule has 13 heavy (non-hydrogen) atoms. The first kappa shape index (κ1) is 11.4. The zero-order valence-corrected chi connectivity index (χ0v) is 7.61. The van der Waals surface area contributed by atoms with Gasteiger partial charge in [-0.1, -0.05) is 13.8 Å². The highest BCUT2D eigenvalue weighted by Gasteiger charge is 2.06. The van der Waals surface area contributed by atoms with E-state index in [9.17, 15) is 4.79 Å². The normalized spacial score (nSPS) is 11.1. The highest BCUT2D eigenvalue weighted by molar-refractivity contribution is 5.79. The molecule has 0 aliphatic rings. The summed E-state index contributed by atoms with van der Waals surface area (Å²) in [7, 11) is 0. The van der Waals surface area contributed by atoms with Crippen LogP contribution < -0.4 is 10.6 Å². The summed E-state index contributed by atoms with van der Waals surface area (Å²) < 4.78 is 0. The summed E-state index contributed by atoms with van der Waals surface area (Å²) in [6.07, 6.45) is 0.729. The Balaban J connectivity index is 3.76. The van der Waals surface area contributed by atoms with Crippen molar-refractivity contribution in [1.82, 2.24) is 10.6 Å². The molecular weight excluding hydrogens is 172 g/mol. The van der Waals surface area contributed by atoms with Gasteiger partial charge in [0, 0.05) is 6.04 Å². The van der Waals surface area contributed by atoms with Crippen molar-refractivity contribution in [2.24, 2.45) is 0 Å². The summed E-state index contributed by atoms with van der Waals surface area (Å²) in [5, 5.41) is 21.8. The molecule has 72 valence electrons. The monoisotopic (exact) mass is 185 g/mol. The van der Waals surface area contributed by atoms with Crippen LogP contribution in [0.5, 0.6) is 0 Å². The van der Waals surface area contributed by atoms with Gasteiger partial charge in [0.25, 0.3) is 5.88 Å². The molecule has 0 aliphatic carbocycles. The Morgan fingerprint density at radius 2 is 2.31 bits per heavy atom. The van der Waals surface area contributed by atoms with Crippen molar-refractivity contribution in [3.05, 3.63) is 17.1 Å². The van der Waals surface area contributed by atoms with E-state index in [0.29, 0.717) is 0 Å². The van der Waals surface area contributed by atoms with Crippen LogP contribution in [0.25, 0.3) is 4.98 Å². The van der Waals surface area contributed by atoms with Gasteiger partial charge in [0.15, 0.2) is 4.98 Å². The molecule has 0 aromatic carbocycles. The molecule has 0 fully saturated rings. The fourth-order valence-corrected chi connectivity index (χ4v) is 0.571. The van der Waals surface area contributed by atoms with Crippen molar-refractivity contribution in [2.75, 3.05) is 6.54 Å². The summed E-state index contributed by atoms with van der Waals surface area (Å²) in [6.45, 7) is 3.89. The SMILES string of the molecule is CC(C)NCC(=O)N/C(O)=C/[N+]#N. The molecule has 0 saturated heterocycles. The third-order valence-electron chi connectivity index (χ3n) is 1.12. The number of aliphatic hydroxyl groups excluding tert-OH is 1. The minimum atomic E-state index is -0.488. The van der Waals surface area contributed by atoms with E-state index in [0.717, 1.165) is 6.20 Å². The van der Waals surface area contributed by atoms with Crippen LogP contribution in [-0.2, 0) is 4.79 Å². The molecule has 1 amide bonds. The molecule has 0 bridgehead atoms. The predicted molar refractivity (Wildman–Crippen MR) is 47.1 cm³/mol. The number of hydrogen-bond acceptors (Lipinski definition) is 4. The average Bonchev–Trinajstić information content (AvgIpc) is 2.01. The van der Waals surface area contributed by atoms with Crippen LogP contribution in [-0.4, -0.2) is 23.6 Å². The maximum Gasteiger partial charge on any atom is 0.409 e. The van der Waals surface area contributed by atoms with Gasteiger partial charge < -0.3 is 10.4 Å². The van der Waals surface area contributed by atoms with Gasteiger partial charge in [-0.15, -0.1) is 0 Å². The molecule has 3 N–H and O–H groups in total.